The minimum atomic E-state index is -0.281. The highest BCUT2D eigenvalue weighted by Gasteiger charge is 2.07. The molecule has 0 atom stereocenters. The van der Waals surface area contributed by atoms with Crippen LogP contribution >= 0.6 is 11.6 Å². The Hall–Kier alpha value is -3.25. The topological polar surface area (TPSA) is 72.5 Å². The molecule has 0 fully saturated rings. The maximum atomic E-state index is 12.2. The van der Waals surface area contributed by atoms with E-state index in [1.807, 2.05) is 24.3 Å². The van der Waals surface area contributed by atoms with Gasteiger partial charge in [0.2, 0.25) is 0 Å². The van der Waals surface area contributed by atoms with E-state index >= 15 is 0 Å². The molecular formula is C21H20ClN3O3. The lowest BCUT2D eigenvalue weighted by molar-refractivity contribution is 0.102. The number of nitrogens with zero attached hydrogens (tertiary/aromatic N) is 1. The number of amides is 1. The number of halogens is 1. The number of nitrogens with one attached hydrogen (secondary N) is 2. The van der Waals surface area contributed by atoms with Crippen LogP contribution in [-0.2, 0) is 0 Å². The normalized spacial score (nSPS) is 10.2. The molecule has 0 radical (unpaired) electrons. The Morgan fingerprint density at radius 2 is 1.64 bits per heavy atom. The first-order valence-electron chi connectivity index (χ1n) is 8.68. The van der Waals surface area contributed by atoms with Crippen LogP contribution in [0.25, 0.3) is 0 Å². The molecule has 0 unspecified atom stereocenters. The van der Waals surface area contributed by atoms with Gasteiger partial charge in [-0.25, -0.2) is 4.98 Å². The van der Waals surface area contributed by atoms with Crippen molar-refractivity contribution in [1.29, 1.82) is 0 Å². The van der Waals surface area contributed by atoms with Crippen LogP contribution in [-0.4, -0.2) is 31.2 Å². The maximum Gasteiger partial charge on any atom is 0.274 e. The number of anilines is 2. The predicted molar refractivity (Wildman–Crippen MR) is 111 cm³/mol. The highest BCUT2D eigenvalue weighted by atomic mass is 35.5. The number of hydrogen-bond donors (Lipinski definition) is 2. The smallest absolute Gasteiger partial charge is 0.274 e. The third-order valence-electron chi connectivity index (χ3n) is 3.86. The Labute approximate surface area is 168 Å². The molecule has 3 rings (SSSR count). The molecule has 2 N–H and O–H groups in total. The second-order valence-electron chi connectivity index (χ2n) is 5.84. The van der Waals surface area contributed by atoms with E-state index in [0.717, 1.165) is 17.2 Å². The maximum absolute atomic E-state index is 12.2. The molecule has 0 aliphatic rings. The van der Waals surface area contributed by atoms with Crippen molar-refractivity contribution in [3.8, 4) is 11.5 Å². The Morgan fingerprint density at radius 1 is 0.964 bits per heavy atom. The standard InChI is InChI=1S/C21H20ClN3O3/c1-27-18-7-9-19(10-8-18)28-13-12-23-17-6-11-20(24-14-17)21(26)25-16-4-2-15(22)3-5-16/h2-11,14,23H,12-13H2,1H3,(H,25,26). The molecule has 6 nitrogen and oxygen atoms in total. The number of pyridine rings is 1. The van der Waals surface area contributed by atoms with Crippen LogP contribution < -0.4 is 20.1 Å². The van der Waals surface area contributed by atoms with E-state index in [1.54, 1.807) is 49.7 Å². The molecule has 1 heterocycles. The number of carbonyl (C=O) groups is 1. The summed E-state index contributed by atoms with van der Waals surface area (Å²) >= 11 is 5.84. The number of aromatic nitrogens is 1. The van der Waals surface area contributed by atoms with E-state index in [1.165, 1.54) is 0 Å². The summed E-state index contributed by atoms with van der Waals surface area (Å²) in [6.07, 6.45) is 1.62. The summed E-state index contributed by atoms with van der Waals surface area (Å²) in [5.41, 5.74) is 1.80. The van der Waals surface area contributed by atoms with Crippen LogP contribution in [0.2, 0.25) is 5.02 Å². The van der Waals surface area contributed by atoms with E-state index in [0.29, 0.717) is 29.6 Å². The summed E-state index contributed by atoms with van der Waals surface area (Å²) in [6, 6.07) is 17.8. The molecule has 0 bridgehead atoms. The van der Waals surface area contributed by atoms with Crippen LogP contribution in [0.4, 0.5) is 11.4 Å². The molecule has 0 saturated carbocycles. The largest absolute Gasteiger partial charge is 0.497 e. The van der Waals surface area contributed by atoms with Crippen molar-refractivity contribution in [3.05, 3.63) is 77.6 Å². The van der Waals surface area contributed by atoms with Gasteiger partial charge in [0.25, 0.3) is 5.91 Å². The number of benzene rings is 2. The van der Waals surface area contributed by atoms with Crippen LogP contribution in [0.15, 0.2) is 66.9 Å². The fourth-order valence-corrected chi connectivity index (χ4v) is 2.52. The quantitative estimate of drug-likeness (QED) is 0.548. The third-order valence-corrected chi connectivity index (χ3v) is 4.11. The average Bonchev–Trinajstić information content (AvgIpc) is 2.73. The molecule has 0 aliphatic carbocycles. The molecule has 144 valence electrons. The number of rotatable bonds is 8. The van der Waals surface area contributed by atoms with Crippen LogP contribution in [0.3, 0.4) is 0 Å². The van der Waals surface area contributed by atoms with Gasteiger partial charge in [0.05, 0.1) is 19.0 Å². The molecule has 3 aromatic rings. The van der Waals surface area contributed by atoms with Crippen LogP contribution in [0, 0.1) is 0 Å². The zero-order valence-electron chi connectivity index (χ0n) is 15.3. The molecule has 0 aliphatic heterocycles. The summed E-state index contributed by atoms with van der Waals surface area (Å²) in [4.78, 5) is 16.4. The van der Waals surface area contributed by atoms with Gasteiger partial charge in [0.1, 0.15) is 23.8 Å². The van der Waals surface area contributed by atoms with Crippen molar-refractivity contribution in [1.82, 2.24) is 4.98 Å². The first-order chi connectivity index (χ1) is 13.6. The van der Waals surface area contributed by atoms with Crippen molar-refractivity contribution in [2.24, 2.45) is 0 Å². The van der Waals surface area contributed by atoms with E-state index in [4.69, 9.17) is 21.1 Å². The zero-order chi connectivity index (χ0) is 19.8. The average molecular weight is 398 g/mol. The fourth-order valence-electron chi connectivity index (χ4n) is 2.40. The molecule has 1 amide bonds. The SMILES string of the molecule is COc1ccc(OCCNc2ccc(C(=O)Nc3ccc(Cl)cc3)nc2)cc1. The number of ether oxygens (including phenoxy) is 2. The Bertz CT molecular complexity index is 898. The summed E-state index contributed by atoms with van der Waals surface area (Å²) < 4.78 is 10.8. The number of carbonyl (C=O) groups excluding carboxylic acids is 1. The minimum Gasteiger partial charge on any atom is -0.497 e. The molecular weight excluding hydrogens is 378 g/mol. The second-order valence-corrected chi connectivity index (χ2v) is 6.28. The van der Waals surface area contributed by atoms with Gasteiger partial charge in [-0.1, -0.05) is 11.6 Å². The third kappa shape index (κ3) is 5.62. The van der Waals surface area contributed by atoms with Crippen molar-refractivity contribution in [2.45, 2.75) is 0 Å². The number of hydrogen-bond acceptors (Lipinski definition) is 5. The first kappa shape index (κ1) is 19.5. The first-order valence-corrected chi connectivity index (χ1v) is 9.05. The van der Waals surface area contributed by atoms with Gasteiger partial charge in [0, 0.05) is 17.3 Å². The van der Waals surface area contributed by atoms with Gasteiger partial charge in [-0.05, 0) is 60.7 Å². The Balaban J connectivity index is 1.44. The lowest BCUT2D eigenvalue weighted by atomic mass is 10.3. The van der Waals surface area contributed by atoms with Gasteiger partial charge in [-0.15, -0.1) is 0 Å². The summed E-state index contributed by atoms with van der Waals surface area (Å²) in [5, 5.41) is 6.59. The zero-order valence-corrected chi connectivity index (χ0v) is 16.1. The number of methoxy groups -OCH3 is 1. The van der Waals surface area contributed by atoms with Gasteiger partial charge < -0.3 is 20.1 Å². The molecule has 28 heavy (non-hydrogen) atoms. The molecule has 1 aromatic heterocycles. The van der Waals surface area contributed by atoms with Crippen LogP contribution in [0.1, 0.15) is 10.5 Å². The molecule has 2 aromatic carbocycles. The lowest BCUT2D eigenvalue weighted by Crippen LogP contribution is -2.14. The fraction of sp³-hybridized carbons (Fsp3) is 0.143. The van der Waals surface area contributed by atoms with Gasteiger partial charge in [0.15, 0.2) is 0 Å². The van der Waals surface area contributed by atoms with Crippen molar-refractivity contribution in [2.75, 3.05) is 30.9 Å². The van der Waals surface area contributed by atoms with Gasteiger partial charge in [-0.2, -0.15) is 0 Å². The summed E-state index contributed by atoms with van der Waals surface area (Å²) in [7, 11) is 1.63. The summed E-state index contributed by atoms with van der Waals surface area (Å²) in [5.74, 6) is 1.28. The monoisotopic (exact) mass is 397 g/mol. The van der Waals surface area contributed by atoms with E-state index < -0.39 is 0 Å². The highest BCUT2D eigenvalue weighted by Crippen LogP contribution is 2.17. The Morgan fingerprint density at radius 3 is 2.29 bits per heavy atom. The van der Waals surface area contributed by atoms with E-state index in [9.17, 15) is 4.79 Å². The summed E-state index contributed by atoms with van der Waals surface area (Å²) in [6.45, 7) is 1.09. The predicted octanol–water partition coefficient (Wildman–Crippen LogP) is 4.49. The van der Waals surface area contributed by atoms with Gasteiger partial charge >= 0.3 is 0 Å². The van der Waals surface area contributed by atoms with E-state index in [-0.39, 0.29) is 5.91 Å². The molecule has 7 heteroatoms. The van der Waals surface area contributed by atoms with Crippen molar-refractivity contribution < 1.29 is 14.3 Å². The van der Waals surface area contributed by atoms with Crippen LogP contribution in [0.5, 0.6) is 11.5 Å². The molecule has 0 spiro atoms. The van der Waals surface area contributed by atoms with Gasteiger partial charge in [-0.3, -0.25) is 4.79 Å². The Kier molecular flexibility index (Phi) is 6.70. The minimum absolute atomic E-state index is 0.281. The lowest BCUT2D eigenvalue weighted by Gasteiger charge is -2.09. The van der Waals surface area contributed by atoms with Crippen molar-refractivity contribution >= 4 is 28.9 Å². The highest BCUT2D eigenvalue weighted by molar-refractivity contribution is 6.30. The molecule has 0 saturated heterocycles. The van der Waals surface area contributed by atoms with E-state index in [2.05, 4.69) is 15.6 Å². The van der Waals surface area contributed by atoms with Crippen molar-refractivity contribution in [3.63, 3.8) is 0 Å². The second kappa shape index (κ2) is 9.62.